The van der Waals surface area contributed by atoms with E-state index in [2.05, 4.69) is 16.0 Å². The van der Waals surface area contributed by atoms with Gasteiger partial charge in [0.05, 0.1) is 13.2 Å². The summed E-state index contributed by atoms with van der Waals surface area (Å²) in [5.74, 6) is 0.486. The van der Waals surface area contributed by atoms with Crippen molar-refractivity contribution in [3.63, 3.8) is 0 Å². The van der Waals surface area contributed by atoms with Crippen LogP contribution in [0.1, 0.15) is 13.3 Å². The number of ether oxygens (including phenoxy) is 2. The molecule has 0 aromatic heterocycles. The zero-order valence-corrected chi connectivity index (χ0v) is 15.6. The van der Waals surface area contributed by atoms with Crippen molar-refractivity contribution in [1.82, 2.24) is 0 Å². The van der Waals surface area contributed by atoms with Gasteiger partial charge in [-0.05, 0) is 42.5 Å². The van der Waals surface area contributed by atoms with Gasteiger partial charge >= 0.3 is 0 Å². The Bertz CT molecular complexity index is 747. The number of anilines is 3. The maximum atomic E-state index is 12.1. The normalized spacial score (nSPS) is 10.1. The van der Waals surface area contributed by atoms with Gasteiger partial charge in [0.2, 0.25) is 11.8 Å². The van der Waals surface area contributed by atoms with Gasteiger partial charge in [0.15, 0.2) is 0 Å². The third kappa shape index (κ3) is 7.37. The molecule has 0 radical (unpaired) electrons. The van der Waals surface area contributed by atoms with E-state index >= 15 is 0 Å². The largest absolute Gasteiger partial charge is 0.491 e. The highest BCUT2D eigenvalue weighted by Crippen LogP contribution is 2.17. The van der Waals surface area contributed by atoms with Gasteiger partial charge in [-0.3, -0.25) is 9.59 Å². The predicted molar refractivity (Wildman–Crippen MR) is 106 cm³/mol. The molecule has 0 saturated heterocycles. The average Bonchev–Trinajstić information content (AvgIpc) is 2.68. The molecule has 2 amide bonds. The van der Waals surface area contributed by atoms with Gasteiger partial charge in [-0.25, -0.2) is 0 Å². The fraction of sp³-hybridized carbons (Fsp3) is 0.300. The van der Waals surface area contributed by atoms with E-state index in [1.54, 1.807) is 50.4 Å². The molecule has 0 aliphatic rings. The molecule has 144 valence electrons. The summed E-state index contributed by atoms with van der Waals surface area (Å²) < 4.78 is 10.4. The van der Waals surface area contributed by atoms with E-state index < -0.39 is 0 Å². The Morgan fingerprint density at radius 2 is 1.59 bits per heavy atom. The van der Waals surface area contributed by atoms with E-state index in [9.17, 15) is 9.59 Å². The second kappa shape index (κ2) is 10.8. The lowest BCUT2D eigenvalue weighted by atomic mass is 10.2. The Kier molecular flexibility index (Phi) is 8.12. The number of amides is 2. The van der Waals surface area contributed by atoms with E-state index in [0.717, 1.165) is 5.69 Å². The van der Waals surface area contributed by atoms with Crippen molar-refractivity contribution in [3.05, 3.63) is 48.5 Å². The topological polar surface area (TPSA) is 88.7 Å². The van der Waals surface area contributed by atoms with Crippen molar-refractivity contribution < 1.29 is 19.1 Å². The van der Waals surface area contributed by atoms with Gasteiger partial charge in [0.25, 0.3) is 0 Å². The smallest absolute Gasteiger partial charge is 0.243 e. The predicted octanol–water partition coefficient (Wildman–Crippen LogP) is 3.11. The Morgan fingerprint density at radius 1 is 0.889 bits per heavy atom. The van der Waals surface area contributed by atoms with Crippen LogP contribution in [0.5, 0.6) is 5.75 Å². The molecule has 0 atom stereocenters. The standard InChI is InChI=1S/C20H25N3O4/c1-3-19(24)23-17-6-4-5-16(13-17)21-14-20(25)22-15-7-9-18(10-8-15)27-12-11-26-2/h4-10,13,21H,3,11-12,14H2,1-2H3,(H,22,25)(H,23,24). The summed E-state index contributed by atoms with van der Waals surface area (Å²) in [6, 6.07) is 14.4. The van der Waals surface area contributed by atoms with E-state index in [1.165, 1.54) is 0 Å². The second-order valence-corrected chi connectivity index (χ2v) is 5.75. The van der Waals surface area contributed by atoms with Gasteiger partial charge in [-0.15, -0.1) is 0 Å². The lowest BCUT2D eigenvalue weighted by Gasteiger charge is -2.10. The molecule has 0 aliphatic carbocycles. The van der Waals surface area contributed by atoms with Crippen LogP contribution in [0.15, 0.2) is 48.5 Å². The quantitative estimate of drug-likeness (QED) is 0.559. The van der Waals surface area contributed by atoms with Crippen molar-refractivity contribution in [2.45, 2.75) is 13.3 Å². The highest BCUT2D eigenvalue weighted by Gasteiger charge is 2.04. The summed E-state index contributed by atoms with van der Waals surface area (Å²) in [6.07, 6.45) is 0.413. The molecule has 2 rings (SSSR count). The van der Waals surface area contributed by atoms with Gasteiger partial charge in [-0.1, -0.05) is 13.0 Å². The monoisotopic (exact) mass is 371 g/mol. The molecule has 0 spiro atoms. The number of benzene rings is 2. The molecule has 3 N–H and O–H groups in total. The van der Waals surface area contributed by atoms with Crippen molar-refractivity contribution in [2.24, 2.45) is 0 Å². The maximum absolute atomic E-state index is 12.1. The van der Waals surface area contributed by atoms with Crippen molar-refractivity contribution in [3.8, 4) is 5.75 Å². The van der Waals surface area contributed by atoms with Crippen LogP contribution in [-0.2, 0) is 14.3 Å². The van der Waals surface area contributed by atoms with Crippen LogP contribution in [-0.4, -0.2) is 38.7 Å². The second-order valence-electron chi connectivity index (χ2n) is 5.75. The fourth-order valence-corrected chi connectivity index (χ4v) is 2.22. The molecular formula is C20H25N3O4. The van der Waals surface area contributed by atoms with Crippen LogP contribution in [0.4, 0.5) is 17.1 Å². The number of hydrogen-bond donors (Lipinski definition) is 3. The minimum atomic E-state index is -0.175. The molecule has 0 aliphatic heterocycles. The highest BCUT2D eigenvalue weighted by atomic mass is 16.5. The Labute approximate surface area is 159 Å². The third-order valence-corrected chi connectivity index (χ3v) is 3.61. The summed E-state index contributed by atoms with van der Waals surface area (Å²) in [7, 11) is 1.62. The minimum Gasteiger partial charge on any atom is -0.491 e. The van der Waals surface area contributed by atoms with Gasteiger partial charge in [-0.2, -0.15) is 0 Å². The Hall–Kier alpha value is -3.06. The molecular weight excluding hydrogens is 346 g/mol. The number of carbonyl (C=O) groups excluding carboxylic acids is 2. The number of rotatable bonds is 10. The summed E-state index contributed by atoms with van der Waals surface area (Å²) in [4.78, 5) is 23.5. The first-order valence-electron chi connectivity index (χ1n) is 8.76. The van der Waals surface area contributed by atoms with E-state index in [-0.39, 0.29) is 18.4 Å². The van der Waals surface area contributed by atoms with Crippen molar-refractivity contribution in [1.29, 1.82) is 0 Å². The number of nitrogens with one attached hydrogen (secondary N) is 3. The third-order valence-electron chi connectivity index (χ3n) is 3.61. The molecule has 7 heteroatoms. The maximum Gasteiger partial charge on any atom is 0.243 e. The first kappa shape index (κ1) is 20.3. The number of carbonyl (C=O) groups is 2. The number of hydrogen-bond acceptors (Lipinski definition) is 5. The summed E-state index contributed by atoms with van der Waals surface area (Å²) in [5.41, 5.74) is 2.13. The molecule has 0 heterocycles. The fourth-order valence-electron chi connectivity index (χ4n) is 2.22. The molecule has 0 bridgehead atoms. The van der Waals surface area contributed by atoms with Crippen LogP contribution in [0.2, 0.25) is 0 Å². The van der Waals surface area contributed by atoms with Crippen molar-refractivity contribution >= 4 is 28.9 Å². The zero-order chi connectivity index (χ0) is 19.5. The van der Waals surface area contributed by atoms with Crippen molar-refractivity contribution in [2.75, 3.05) is 42.8 Å². The Morgan fingerprint density at radius 3 is 2.30 bits per heavy atom. The SMILES string of the molecule is CCC(=O)Nc1cccc(NCC(=O)Nc2ccc(OCCOC)cc2)c1. The molecule has 2 aromatic carbocycles. The van der Waals surface area contributed by atoms with E-state index in [1.807, 2.05) is 12.1 Å². The molecule has 7 nitrogen and oxygen atoms in total. The van der Waals surface area contributed by atoms with Crippen LogP contribution in [0, 0.1) is 0 Å². The van der Waals surface area contributed by atoms with Crippen LogP contribution in [0.25, 0.3) is 0 Å². The molecule has 2 aromatic rings. The van der Waals surface area contributed by atoms with E-state index in [4.69, 9.17) is 9.47 Å². The summed E-state index contributed by atoms with van der Waals surface area (Å²) >= 11 is 0. The summed E-state index contributed by atoms with van der Waals surface area (Å²) in [5, 5.41) is 8.64. The highest BCUT2D eigenvalue weighted by molar-refractivity contribution is 5.94. The molecule has 0 saturated carbocycles. The number of methoxy groups -OCH3 is 1. The summed E-state index contributed by atoms with van der Waals surface area (Å²) in [6.45, 7) is 2.90. The minimum absolute atomic E-state index is 0.0560. The lowest BCUT2D eigenvalue weighted by molar-refractivity contribution is -0.116. The molecule has 0 unspecified atom stereocenters. The van der Waals surface area contributed by atoms with Crippen LogP contribution >= 0.6 is 0 Å². The average molecular weight is 371 g/mol. The Balaban J connectivity index is 1.80. The lowest BCUT2D eigenvalue weighted by Crippen LogP contribution is -2.21. The first-order chi connectivity index (χ1) is 13.1. The van der Waals surface area contributed by atoms with E-state index in [0.29, 0.717) is 36.8 Å². The van der Waals surface area contributed by atoms with Crippen LogP contribution < -0.4 is 20.7 Å². The molecule has 0 fully saturated rings. The van der Waals surface area contributed by atoms with Gasteiger partial charge in [0, 0.05) is 30.6 Å². The zero-order valence-electron chi connectivity index (χ0n) is 15.6. The first-order valence-corrected chi connectivity index (χ1v) is 8.76. The van der Waals surface area contributed by atoms with Gasteiger partial charge in [0.1, 0.15) is 12.4 Å². The van der Waals surface area contributed by atoms with Crippen LogP contribution in [0.3, 0.4) is 0 Å². The van der Waals surface area contributed by atoms with Gasteiger partial charge < -0.3 is 25.4 Å². The molecule has 27 heavy (non-hydrogen) atoms.